The van der Waals surface area contributed by atoms with Crippen molar-refractivity contribution in [3.63, 3.8) is 0 Å². The monoisotopic (exact) mass is 844 g/mol. The molecule has 6 aromatic carbocycles. The largest absolute Gasteiger partial charge is 4.00 e. The summed E-state index contributed by atoms with van der Waals surface area (Å²) in [6.07, 6.45) is 12.7. The predicted octanol–water partition coefficient (Wildman–Crippen LogP) is 13.5. The van der Waals surface area contributed by atoms with Crippen LogP contribution >= 0.6 is 0 Å². The van der Waals surface area contributed by atoms with Crippen molar-refractivity contribution >= 4 is 40.0 Å². The van der Waals surface area contributed by atoms with Crippen LogP contribution in [0.15, 0.2) is 109 Å². The van der Waals surface area contributed by atoms with Crippen LogP contribution in [0.25, 0.3) is 43.8 Å². The maximum absolute atomic E-state index is 2.66. The quantitative estimate of drug-likeness (QED) is 0.0517. The second-order valence-corrected chi connectivity index (χ2v) is 18.1. The summed E-state index contributed by atoms with van der Waals surface area (Å²) >= 11 is 0. The number of aryl methyl sites for hydroxylation is 2. The van der Waals surface area contributed by atoms with E-state index in [2.05, 4.69) is 137 Å². The first-order valence-corrected chi connectivity index (χ1v) is 21.1. The standard InChI is InChI=1S/C46H54Si.2CH3.Hf/c1-5-9-11-17-29-47(30-18-12-10-6-2,39-31-37-23-19-27-43(45(37)33-39)41-25-15-13-21-35(41)7-3)40-32-38-24-20-28-44(46(38)34-40)42-26-16-14-22-36(42)8-4;;;/h13-16,19-28,31-34H,5-12,17-18,29-30H2,1-4H3;2*1H3;/q-2;2*-1;+4. The first-order valence-electron chi connectivity index (χ1n) is 18.7. The van der Waals surface area contributed by atoms with E-state index in [0.29, 0.717) is 0 Å². The van der Waals surface area contributed by atoms with Gasteiger partial charge in [0.1, 0.15) is 0 Å². The van der Waals surface area contributed by atoms with Gasteiger partial charge in [0.05, 0.1) is 8.07 Å². The Bertz CT molecular complexity index is 1760. The molecule has 0 fully saturated rings. The number of unbranched alkanes of at least 4 members (excludes halogenated alkanes) is 6. The molecule has 0 unspecified atom stereocenters. The summed E-state index contributed by atoms with van der Waals surface area (Å²) in [6.45, 7) is 9.25. The molecule has 2 heteroatoms. The minimum atomic E-state index is -2.11. The number of hydrogen-bond donors (Lipinski definition) is 0. The van der Waals surface area contributed by atoms with Gasteiger partial charge in [-0.05, 0) is 35.1 Å². The maximum atomic E-state index is 2.66. The second-order valence-electron chi connectivity index (χ2n) is 13.8. The van der Waals surface area contributed by atoms with Crippen LogP contribution in [0.5, 0.6) is 0 Å². The van der Waals surface area contributed by atoms with Gasteiger partial charge in [0.15, 0.2) is 0 Å². The fourth-order valence-electron chi connectivity index (χ4n) is 8.25. The van der Waals surface area contributed by atoms with Gasteiger partial charge in [-0.3, -0.25) is 0 Å². The summed E-state index contributed by atoms with van der Waals surface area (Å²) in [7, 11) is -2.11. The molecule has 0 aliphatic rings. The van der Waals surface area contributed by atoms with Crippen molar-refractivity contribution in [3.05, 3.63) is 135 Å². The Morgan fingerprint density at radius 3 is 1.26 bits per heavy atom. The molecular weight excluding hydrogens is 783 g/mol. The first-order chi connectivity index (χ1) is 23.1. The molecule has 0 aromatic heterocycles. The van der Waals surface area contributed by atoms with Crippen LogP contribution in [-0.2, 0) is 38.7 Å². The van der Waals surface area contributed by atoms with Gasteiger partial charge in [-0.15, -0.1) is 68.3 Å². The minimum Gasteiger partial charge on any atom is -0.358 e. The van der Waals surface area contributed by atoms with Crippen LogP contribution in [0.4, 0.5) is 0 Å². The van der Waals surface area contributed by atoms with E-state index in [1.165, 1.54) is 118 Å². The van der Waals surface area contributed by atoms with Crippen molar-refractivity contribution in [3.8, 4) is 22.3 Å². The molecule has 0 heterocycles. The smallest absolute Gasteiger partial charge is 0.358 e. The van der Waals surface area contributed by atoms with E-state index in [0.717, 1.165) is 12.8 Å². The molecule has 0 bridgehead atoms. The molecule has 6 aromatic rings. The summed E-state index contributed by atoms with van der Waals surface area (Å²) in [5, 5.41) is 9.03. The zero-order chi connectivity index (χ0) is 32.6. The van der Waals surface area contributed by atoms with Crippen molar-refractivity contribution in [2.75, 3.05) is 0 Å². The third-order valence-corrected chi connectivity index (χ3v) is 16.1. The molecule has 0 atom stereocenters. The van der Waals surface area contributed by atoms with E-state index < -0.39 is 8.07 Å². The van der Waals surface area contributed by atoms with Gasteiger partial charge in [0.25, 0.3) is 0 Å². The van der Waals surface area contributed by atoms with E-state index in [1.807, 2.05) is 0 Å². The van der Waals surface area contributed by atoms with E-state index in [1.54, 1.807) is 10.4 Å². The third kappa shape index (κ3) is 8.62. The van der Waals surface area contributed by atoms with Gasteiger partial charge in [-0.1, -0.05) is 163 Å². The molecule has 0 spiro atoms. The molecule has 6 rings (SSSR count). The molecule has 0 N–H and O–H groups in total. The van der Waals surface area contributed by atoms with Crippen molar-refractivity contribution in [1.82, 2.24) is 0 Å². The van der Waals surface area contributed by atoms with Gasteiger partial charge in [-0.2, -0.15) is 12.1 Å². The zero-order valence-corrected chi connectivity index (χ0v) is 36.5. The Labute approximate surface area is 325 Å². The van der Waals surface area contributed by atoms with Crippen LogP contribution < -0.4 is 10.4 Å². The Kier molecular flexibility index (Phi) is 16.4. The summed E-state index contributed by atoms with van der Waals surface area (Å²) < 4.78 is 0. The fraction of sp³-hybridized carbons (Fsp3) is 0.333. The summed E-state index contributed by atoms with van der Waals surface area (Å²) in [5.74, 6) is 0. The molecule has 0 aliphatic heterocycles. The van der Waals surface area contributed by atoms with E-state index in [-0.39, 0.29) is 40.7 Å². The van der Waals surface area contributed by atoms with Crippen molar-refractivity contribution < 1.29 is 25.8 Å². The van der Waals surface area contributed by atoms with Gasteiger partial charge in [0.2, 0.25) is 0 Å². The molecule has 0 saturated carbocycles. The van der Waals surface area contributed by atoms with E-state index in [9.17, 15) is 0 Å². The second kappa shape index (κ2) is 19.7. The van der Waals surface area contributed by atoms with Crippen LogP contribution in [0, 0.1) is 14.9 Å². The normalized spacial score (nSPS) is 11.3. The topological polar surface area (TPSA) is 0 Å². The van der Waals surface area contributed by atoms with E-state index >= 15 is 0 Å². The number of hydrogen-bond acceptors (Lipinski definition) is 0. The Balaban J connectivity index is 0.00000225. The number of benzene rings is 4. The van der Waals surface area contributed by atoms with Crippen LogP contribution in [0.2, 0.25) is 12.1 Å². The molecule has 0 radical (unpaired) electrons. The molecule has 260 valence electrons. The molecule has 0 amide bonds. The molecule has 0 aliphatic carbocycles. The van der Waals surface area contributed by atoms with Gasteiger partial charge >= 0.3 is 25.8 Å². The third-order valence-electron chi connectivity index (χ3n) is 10.9. The van der Waals surface area contributed by atoms with E-state index in [4.69, 9.17) is 0 Å². The molecule has 0 saturated heterocycles. The number of fused-ring (bicyclic) bond motifs is 2. The number of rotatable bonds is 16. The Morgan fingerprint density at radius 1 is 0.460 bits per heavy atom. The van der Waals surface area contributed by atoms with Crippen molar-refractivity contribution in [1.29, 1.82) is 0 Å². The van der Waals surface area contributed by atoms with Crippen LogP contribution in [-0.4, -0.2) is 8.07 Å². The first kappa shape index (κ1) is 41.6. The summed E-state index contributed by atoms with van der Waals surface area (Å²) in [5.41, 5.74) is 8.47. The van der Waals surface area contributed by atoms with Crippen LogP contribution in [0.3, 0.4) is 0 Å². The predicted molar refractivity (Wildman–Crippen MR) is 224 cm³/mol. The van der Waals surface area contributed by atoms with Gasteiger partial charge < -0.3 is 14.9 Å². The molecule has 0 nitrogen and oxygen atoms in total. The van der Waals surface area contributed by atoms with Gasteiger partial charge in [0, 0.05) is 0 Å². The fourth-order valence-corrected chi connectivity index (χ4v) is 13.4. The Hall–Kier alpha value is -2.81. The average Bonchev–Trinajstić information content (AvgIpc) is 3.77. The van der Waals surface area contributed by atoms with Crippen molar-refractivity contribution in [2.24, 2.45) is 0 Å². The summed E-state index contributed by atoms with van der Waals surface area (Å²) in [4.78, 5) is 0. The molecular formula is C48H60HfSi. The zero-order valence-electron chi connectivity index (χ0n) is 31.9. The van der Waals surface area contributed by atoms with Crippen LogP contribution in [0.1, 0.15) is 90.2 Å². The Morgan fingerprint density at radius 2 is 0.860 bits per heavy atom. The average molecular weight is 844 g/mol. The maximum Gasteiger partial charge on any atom is 4.00 e. The van der Waals surface area contributed by atoms with Crippen molar-refractivity contribution in [2.45, 2.75) is 104 Å². The SMILES string of the molecule is CCCCCC[Si](CCCCCC)(c1cc2c(-c3ccccc3CC)cccc2[cH-]1)c1cc2c(-c3ccccc3CC)cccc2[cH-]1.[CH3-].[CH3-].[Hf+4]. The summed E-state index contributed by atoms with van der Waals surface area (Å²) in [6, 6.07) is 45.4. The molecule has 50 heavy (non-hydrogen) atoms. The van der Waals surface area contributed by atoms with Gasteiger partial charge in [-0.25, -0.2) is 0 Å². The minimum absolute atomic E-state index is 0.